The lowest BCUT2D eigenvalue weighted by Crippen LogP contribution is -2.25. The Bertz CT molecular complexity index is 768. The highest BCUT2D eigenvalue weighted by atomic mass is 16.1. The van der Waals surface area contributed by atoms with Crippen molar-refractivity contribution in [3.8, 4) is 0 Å². The van der Waals surface area contributed by atoms with Gasteiger partial charge in [-0.3, -0.25) is 4.79 Å². The van der Waals surface area contributed by atoms with Gasteiger partial charge in [-0.15, -0.1) is 0 Å². The summed E-state index contributed by atoms with van der Waals surface area (Å²) >= 11 is 0. The van der Waals surface area contributed by atoms with Crippen molar-refractivity contribution in [3.05, 3.63) is 94.7 Å². The summed E-state index contributed by atoms with van der Waals surface area (Å²) in [6.07, 6.45) is 4.69. The van der Waals surface area contributed by atoms with E-state index in [2.05, 4.69) is 67.7 Å². The van der Waals surface area contributed by atoms with Crippen LogP contribution >= 0.6 is 0 Å². The van der Waals surface area contributed by atoms with Gasteiger partial charge in [-0.2, -0.15) is 0 Å². The average Bonchev–Trinajstić information content (AvgIpc) is 2.61. The molecule has 26 heavy (non-hydrogen) atoms. The molecule has 0 aromatic heterocycles. The predicted octanol–water partition coefficient (Wildman–Crippen LogP) is 4.34. The Morgan fingerprint density at radius 2 is 1.58 bits per heavy atom. The standard InChI is InChI=1S/C23H28N2O/c1-17(2)9-14-22(18(3)24)23(26)25-16-21-12-10-20(11-13-21)15-19-7-5-4-6-8-19/h4-14,17H,15-16,24H2,1-3H3,(H,25,26)/b14-9-,22-18-. The molecule has 0 atom stereocenters. The van der Waals surface area contributed by atoms with Gasteiger partial charge in [-0.05, 0) is 36.0 Å². The van der Waals surface area contributed by atoms with Gasteiger partial charge >= 0.3 is 0 Å². The van der Waals surface area contributed by atoms with E-state index in [0.717, 1.165) is 12.0 Å². The van der Waals surface area contributed by atoms with Crippen LogP contribution in [0.4, 0.5) is 0 Å². The minimum atomic E-state index is -0.143. The van der Waals surface area contributed by atoms with Gasteiger partial charge in [-0.1, -0.05) is 80.6 Å². The maximum Gasteiger partial charge on any atom is 0.253 e. The zero-order valence-electron chi connectivity index (χ0n) is 15.8. The molecule has 0 aliphatic carbocycles. The summed E-state index contributed by atoms with van der Waals surface area (Å²) < 4.78 is 0. The number of nitrogens with two attached hydrogens (primary N) is 1. The number of carbonyl (C=O) groups excluding carboxylic acids is 1. The van der Waals surface area contributed by atoms with E-state index in [1.54, 1.807) is 13.0 Å². The molecule has 0 aliphatic heterocycles. The molecule has 0 radical (unpaired) electrons. The van der Waals surface area contributed by atoms with Crippen molar-refractivity contribution in [2.75, 3.05) is 0 Å². The summed E-state index contributed by atoms with van der Waals surface area (Å²) in [5, 5.41) is 2.95. The normalized spacial score (nSPS) is 12.3. The zero-order chi connectivity index (χ0) is 18.9. The van der Waals surface area contributed by atoms with Crippen molar-refractivity contribution in [1.29, 1.82) is 0 Å². The summed E-state index contributed by atoms with van der Waals surface area (Å²) in [6.45, 7) is 6.36. The smallest absolute Gasteiger partial charge is 0.253 e. The van der Waals surface area contributed by atoms with Crippen molar-refractivity contribution in [2.45, 2.75) is 33.7 Å². The molecule has 2 aromatic rings. The number of allylic oxidation sites excluding steroid dienone is 2. The molecule has 0 unspecified atom stereocenters. The summed E-state index contributed by atoms with van der Waals surface area (Å²) in [5.41, 5.74) is 10.5. The minimum Gasteiger partial charge on any atom is -0.402 e. The van der Waals surface area contributed by atoms with Crippen LogP contribution in [0.25, 0.3) is 0 Å². The predicted molar refractivity (Wildman–Crippen MR) is 108 cm³/mol. The molecular formula is C23H28N2O. The molecule has 0 aliphatic rings. The lowest BCUT2D eigenvalue weighted by Gasteiger charge is -2.09. The van der Waals surface area contributed by atoms with Crippen LogP contribution in [0, 0.1) is 5.92 Å². The van der Waals surface area contributed by atoms with Crippen molar-refractivity contribution < 1.29 is 4.79 Å². The lowest BCUT2D eigenvalue weighted by molar-refractivity contribution is -0.117. The van der Waals surface area contributed by atoms with E-state index < -0.39 is 0 Å². The maximum atomic E-state index is 12.4. The fourth-order valence-electron chi connectivity index (χ4n) is 2.56. The molecule has 3 nitrogen and oxygen atoms in total. The molecule has 0 bridgehead atoms. The van der Waals surface area contributed by atoms with E-state index in [1.807, 2.05) is 12.1 Å². The third-order valence-electron chi connectivity index (χ3n) is 4.04. The first-order chi connectivity index (χ1) is 12.5. The maximum absolute atomic E-state index is 12.4. The molecule has 3 N–H and O–H groups in total. The van der Waals surface area contributed by atoms with Gasteiger partial charge in [-0.25, -0.2) is 0 Å². The van der Waals surface area contributed by atoms with Gasteiger partial charge in [0.25, 0.3) is 5.91 Å². The molecule has 0 spiro atoms. The molecule has 3 heteroatoms. The Morgan fingerprint density at radius 3 is 2.15 bits per heavy atom. The van der Waals surface area contributed by atoms with Gasteiger partial charge in [0.05, 0.1) is 5.57 Å². The first-order valence-corrected chi connectivity index (χ1v) is 9.00. The topological polar surface area (TPSA) is 55.1 Å². The molecule has 2 rings (SSSR count). The first kappa shape index (κ1) is 19.5. The summed E-state index contributed by atoms with van der Waals surface area (Å²) in [5.74, 6) is 0.226. The number of nitrogens with one attached hydrogen (secondary N) is 1. The Balaban J connectivity index is 1.94. The monoisotopic (exact) mass is 348 g/mol. The third kappa shape index (κ3) is 6.25. The fraction of sp³-hybridized carbons (Fsp3) is 0.261. The summed E-state index contributed by atoms with van der Waals surface area (Å²) in [6, 6.07) is 18.7. The van der Waals surface area contributed by atoms with Gasteiger partial charge in [0, 0.05) is 12.2 Å². The van der Waals surface area contributed by atoms with Crippen LogP contribution in [-0.4, -0.2) is 5.91 Å². The van der Waals surface area contributed by atoms with Crippen molar-refractivity contribution in [1.82, 2.24) is 5.32 Å². The van der Waals surface area contributed by atoms with Crippen LogP contribution in [-0.2, 0) is 17.8 Å². The van der Waals surface area contributed by atoms with Crippen molar-refractivity contribution >= 4 is 5.91 Å². The van der Waals surface area contributed by atoms with E-state index in [-0.39, 0.29) is 5.91 Å². The van der Waals surface area contributed by atoms with E-state index in [4.69, 9.17) is 5.73 Å². The Hall–Kier alpha value is -2.81. The quantitative estimate of drug-likeness (QED) is 0.578. The zero-order valence-corrected chi connectivity index (χ0v) is 15.8. The van der Waals surface area contributed by atoms with E-state index in [1.165, 1.54) is 11.1 Å². The van der Waals surface area contributed by atoms with Crippen molar-refractivity contribution in [3.63, 3.8) is 0 Å². The number of amides is 1. The van der Waals surface area contributed by atoms with Crippen LogP contribution in [0.15, 0.2) is 78.0 Å². The highest BCUT2D eigenvalue weighted by Gasteiger charge is 2.09. The fourth-order valence-corrected chi connectivity index (χ4v) is 2.56. The summed E-state index contributed by atoms with van der Waals surface area (Å²) in [7, 11) is 0. The highest BCUT2D eigenvalue weighted by Crippen LogP contribution is 2.11. The molecule has 0 heterocycles. The molecule has 2 aromatic carbocycles. The van der Waals surface area contributed by atoms with Crippen LogP contribution in [0.2, 0.25) is 0 Å². The van der Waals surface area contributed by atoms with Crippen LogP contribution in [0.3, 0.4) is 0 Å². The lowest BCUT2D eigenvalue weighted by atomic mass is 10.0. The Labute approximate surface area is 156 Å². The van der Waals surface area contributed by atoms with Gasteiger partial charge < -0.3 is 11.1 Å². The molecule has 136 valence electrons. The Kier molecular flexibility index (Phi) is 7.22. The molecule has 0 saturated carbocycles. The summed E-state index contributed by atoms with van der Waals surface area (Å²) in [4.78, 5) is 12.4. The molecule has 0 saturated heterocycles. The highest BCUT2D eigenvalue weighted by molar-refractivity contribution is 5.96. The van der Waals surface area contributed by atoms with Gasteiger partial charge in [0.2, 0.25) is 0 Å². The van der Waals surface area contributed by atoms with Crippen LogP contribution < -0.4 is 11.1 Å². The average molecular weight is 348 g/mol. The Morgan fingerprint density at radius 1 is 1.00 bits per heavy atom. The minimum absolute atomic E-state index is 0.143. The number of benzene rings is 2. The molecular weight excluding hydrogens is 320 g/mol. The largest absolute Gasteiger partial charge is 0.402 e. The van der Waals surface area contributed by atoms with E-state index >= 15 is 0 Å². The number of rotatable bonds is 7. The molecule has 1 amide bonds. The second kappa shape index (κ2) is 9.62. The second-order valence-corrected chi connectivity index (χ2v) is 6.86. The SMILES string of the molecule is C/C(N)=C(\C=C/C(C)C)C(=O)NCc1ccc(Cc2ccccc2)cc1. The van der Waals surface area contributed by atoms with E-state index in [9.17, 15) is 4.79 Å². The molecule has 0 fully saturated rings. The first-order valence-electron chi connectivity index (χ1n) is 9.00. The third-order valence-corrected chi connectivity index (χ3v) is 4.04. The second-order valence-electron chi connectivity index (χ2n) is 6.86. The van der Waals surface area contributed by atoms with E-state index in [0.29, 0.717) is 23.7 Å². The van der Waals surface area contributed by atoms with Crippen LogP contribution in [0.5, 0.6) is 0 Å². The number of hydrogen-bond acceptors (Lipinski definition) is 2. The van der Waals surface area contributed by atoms with Gasteiger partial charge in [0.1, 0.15) is 0 Å². The number of carbonyl (C=O) groups is 1. The van der Waals surface area contributed by atoms with Crippen LogP contribution in [0.1, 0.15) is 37.5 Å². The van der Waals surface area contributed by atoms with Crippen molar-refractivity contribution in [2.24, 2.45) is 11.7 Å². The van der Waals surface area contributed by atoms with Gasteiger partial charge in [0.15, 0.2) is 0 Å². The number of hydrogen-bond donors (Lipinski definition) is 2.